The maximum absolute atomic E-state index is 10.9. The number of nitrogens with two attached hydrogens (primary N) is 1. The van der Waals surface area contributed by atoms with E-state index in [4.69, 9.17) is 5.73 Å². The summed E-state index contributed by atoms with van der Waals surface area (Å²) >= 11 is 0. The number of hydrogen-bond donors (Lipinski definition) is 2. The van der Waals surface area contributed by atoms with Crippen LogP contribution in [0.2, 0.25) is 0 Å². The molecule has 0 unspecified atom stereocenters. The molecule has 0 aliphatic carbocycles. The minimum absolute atomic E-state index is 0.258. The summed E-state index contributed by atoms with van der Waals surface area (Å²) in [5.41, 5.74) is 5.76. The summed E-state index contributed by atoms with van der Waals surface area (Å²) in [5, 5.41) is 3.19. The highest BCUT2D eigenvalue weighted by Gasteiger charge is 2.21. The highest BCUT2D eigenvalue weighted by molar-refractivity contribution is 5.75. The van der Waals surface area contributed by atoms with Crippen molar-refractivity contribution in [2.24, 2.45) is 5.73 Å². The molecule has 5 nitrogen and oxygen atoms in total. The van der Waals surface area contributed by atoms with Gasteiger partial charge in [0.05, 0.1) is 0 Å². The van der Waals surface area contributed by atoms with Crippen LogP contribution in [0.15, 0.2) is 12.4 Å². The molecule has 0 bridgehead atoms. The van der Waals surface area contributed by atoms with Crippen LogP contribution in [0.5, 0.6) is 0 Å². The number of carbonyl (C=O) groups excluding carboxylic acids is 1. The number of nitrogens with zero attached hydrogens (tertiary/aromatic N) is 2. The summed E-state index contributed by atoms with van der Waals surface area (Å²) in [6.45, 7) is 7.96. The van der Waals surface area contributed by atoms with Gasteiger partial charge in [0, 0.05) is 23.7 Å². The smallest absolute Gasteiger partial charge is 0.219 e. The molecule has 0 saturated heterocycles. The molecule has 0 atom stereocenters. The standard InChI is InChI=1S/C12H20N4O/c1-8(2)9-5-11(15-7-14-9)16-12(3,4)6-10(13)17/h5,7-8H,6H2,1-4H3,(H2,13,17)(H,14,15,16). The van der Waals surface area contributed by atoms with Crippen LogP contribution in [0.4, 0.5) is 5.82 Å². The van der Waals surface area contributed by atoms with Gasteiger partial charge in [0.1, 0.15) is 12.1 Å². The number of aromatic nitrogens is 2. The van der Waals surface area contributed by atoms with Crippen LogP contribution in [0.25, 0.3) is 0 Å². The van der Waals surface area contributed by atoms with Crippen LogP contribution in [0, 0.1) is 0 Å². The second kappa shape index (κ2) is 5.12. The summed E-state index contributed by atoms with van der Waals surface area (Å²) < 4.78 is 0. The Labute approximate surface area is 102 Å². The van der Waals surface area contributed by atoms with Crippen molar-refractivity contribution in [3.8, 4) is 0 Å². The first-order valence-corrected chi connectivity index (χ1v) is 5.68. The molecule has 0 spiro atoms. The third kappa shape index (κ3) is 4.38. The molecular formula is C12H20N4O. The molecule has 1 heterocycles. The molecule has 0 aliphatic rings. The van der Waals surface area contributed by atoms with Crippen molar-refractivity contribution in [2.75, 3.05) is 5.32 Å². The van der Waals surface area contributed by atoms with E-state index >= 15 is 0 Å². The molecule has 0 saturated carbocycles. The minimum Gasteiger partial charge on any atom is -0.370 e. The highest BCUT2D eigenvalue weighted by atomic mass is 16.1. The highest BCUT2D eigenvalue weighted by Crippen LogP contribution is 2.18. The summed E-state index contributed by atoms with van der Waals surface area (Å²) in [7, 11) is 0. The van der Waals surface area contributed by atoms with Gasteiger partial charge in [-0.1, -0.05) is 13.8 Å². The summed E-state index contributed by atoms with van der Waals surface area (Å²) in [4.78, 5) is 19.3. The van der Waals surface area contributed by atoms with E-state index in [0.29, 0.717) is 5.92 Å². The number of rotatable bonds is 5. The van der Waals surface area contributed by atoms with Crippen LogP contribution in [-0.4, -0.2) is 21.4 Å². The molecule has 94 valence electrons. The Kier molecular flexibility index (Phi) is 4.04. The Hall–Kier alpha value is -1.65. The van der Waals surface area contributed by atoms with Gasteiger partial charge >= 0.3 is 0 Å². The van der Waals surface area contributed by atoms with Crippen LogP contribution in [0.1, 0.15) is 45.7 Å². The Balaban J connectivity index is 2.80. The minimum atomic E-state index is -0.408. The number of primary amides is 1. The van der Waals surface area contributed by atoms with Gasteiger partial charge in [-0.05, 0) is 19.8 Å². The first-order valence-electron chi connectivity index (χ1n) is 5.68. The van der Waals surface area contributed by atoms with Gasteiger partial charge in [0.15, 0.2) is 0 Å². The van der Waals surface area contributed by atoms with E-state index in [-0.39, 0.29) is 12.3 Å². The lowest BCUT2D eigenvalue weighted by atomic mass is 10.0. The Bertz CT molecular complexity index is 401. The third-order valence-corrected chi connectivity index (χ3v) is 2.36. The molecule has 0 aromatic carbocycles. The SMILES string of the molecule is CC(C)c1cc(NC(C)(C)CC(N)=O)ncn1. The average molecular weight is 236 g/mol. The zero-order chi connectivity index (χ0) is 13.1. The number of nitrogens with one attached hydrogen (secondary N) is 1. The van der Waals surface area contributed by atoms with Gasteiger partial charge in [-0.3, -0.25) is 4.79 Å². The normalized spacial score (nSPS) is 11.6. The van der Waals surface area contributed by atoms with Crippen LogP contribution < -0.4 is 11.1 Å². The lowest BCUT2D eigenvalue weighted by Crippen LogP contribution is -2.36. The summed E-state index contributed by atoms with van der Waals surface area (Å²) in [5.74, 6) is 0.730. The van der Waals surface area contributed by atoms with Gasteiger partial charge in [-0.15, -0.1) is 0 Å². The van der Waals surface area contributed by atoms with E-state index in [1.165, 1.54) is 6.33 Å². The second-order valence-electron chi connectivity index (χ2n) is 5.13. The van der Waals surface area contributed by atoms with E-state index < -0.39 is 5.54 Å². The fourth-order valence-corrected chi connectivity index (χ4v) is 1.58. The van der Waals surface area contributed by atoms with Gasteiger partial charge in [0.2, 0.25) is 5.91 Å². The van der Waals surface area contributed by atoms with E-state index in [9.17, 15) is 4.79 Å². The van der Waals surface area contributed by atoms with E-state index in [2.05, 4.69) is 29.1 Å². The topological polar surface area (TPSA) is 80.9 Å². The molecular weight excluding hydrogens is 216 g/mol. The van der Waals surface area contributed by atoms with Gasteiger partial charge in [-0.25, -0.2) is 9.97 Å². The quantitative estimate of drug-likeness (QED) is 0.814. The van der Waals surface area contributed by atoms with Crippen LogP contribution >= 0.6 is 0 Å². The predicted octanol–water partition coefficient (Wildman–Crippen LogP) is 1.67. The molecule has 5 heteroatoms. The molecule has 0 radical (unpaired) electrons. The molecule has 0 fully saturated rings. The molecule has 1 aromatic heterocycles. The summed E-state index contributed by atoms with van der Waals surface area (Å²) in [6, 6.07) is 1.90. The maximum Gasteiger partial charge on any atom is 0.219 e. The average Bonchev–Trinajstić information content (AvgIpc) is 2.14. The van der Waals surface area contributed by atoms with Crippen molar-refractivity contribution in [1.29, 1.82) is 0 Å². The number of carbonyl (C=O) groups is 1. The molecule has 1 amide bonds. The van der Waals surface area contributed by atoms with Crippen molar-refractivity contribution < 1.29 is 4.79 Å². The molecule has 1 rings (SSSR count). The van der Waals surface area contributed by atoms with Crippen LogP contribution in [-0.2, 0) is 4.79 Å². The second-order valence-corrected chi connectivity index (χ2v) is 5.13. The lowest BCUT2D eigenvalue weighted by Gasteiger charge is -2.25. The molecule has 3 N–H and O–H groups in total. The summed E-state index contributed by atoms with van der Waals surface area (Å²) in [6.07, 6.45) is 1.78. The Morgan fingerprint density at radius 3 is 2.65 bits per heavy atom. The number of amides is 1. The third-order valence-electron chi connectivity index (χ3n) is 2.36. The first-order chi connectivity index (χ1) is 7.80. The first kappa shape index (κ1) is 13.4. The Morgan fingerprint density at radius 2 is 2.12 bits per heavy atom. The maximum atomic E-state index is 10.9. The zero-order valence-electron chi connectivity index (χ0n) is 10.8. The van der Waals surface area contributed by atoms with Crippen molar-refractivity contribution in [1.82, 2.24) is 9.97 Å². The molecule has 0 aliphatic heterocycles. The lowest BCUT2D eigenvalue weighted by molar-refractivity contribution is -0.118. The fraction of sp³-hybridized carbons (Fsp3) is 0.583. The van der Waals surface area contributed by atoms with Crippen molar-refractivity contribution in [3.05, 3.63) is 18.1 Å². The number of anilines is 1. The van der Waals surface area contributed by atoms with Gasteiger partial charge in [0.25, 0.3) is 0 Å². The van der Waals surface area contributed by atoms with Crippen LogP contribution in [0.3, 0.4) is 0 Å². The predicted molar refractivity (Wildman–Crippen MR) is 67.6 cm³/mol. The monoisotopic (exact) mass is 236 g/mol. The number of hydrogen-bond acceptors (Lipinski definition) is 4. The Morgan fingerprint density at radius 1 is 1.47 bits per heavy atom. The van der Waals surface area contributed by atoms with Gasteiger partial charge < -0.3 is 11.1 Å². The zero-order valence-corrected chi connectivity index (χ0v) is 10.8. The van der Waals surface area contributed by atoms with Crippen molar-refractivity contribution >= 4 is 11.7 Å². The van der Waals surface area contributed by atoms with Crippen molar-refractivity contribution in [3.63, 3.8) is 0 Å². The largest absolute Gasteiger partial charge is 0.370 e. The molecule has 1 aromatic rings. The van der Waals surface area contributed by atoms with Gasteiger partial charge in [-0.2, -0.15) is 0 Å². The van der Waals surface area contributed by atoms with E-state index in [0.717, 1.165) is 11.5 Å². The van der Waals surface area contributed by atoms with E-state index in [1.54, 1.807) is 0 Å². The van der Waals surface area contributed by atoms with Crippen molar-refractivity contribution in [2.45, 2.75) is 45.6 Å². The fourth-order valence-electron chi connectivity index (χ4n) is 1.58. The molecule has 17 heavy (non-hydrogen) atoms. The van der Waals surface area contributed by atoms with E-state index in [1.807, 2.05) is 19.9 Å².